The van der Waals surface area contributed by atoms with Crippen molar-refractivity contribution in [2.75, 3.05) is 0 Å². The molecule has 0 aromatic heterocycles. The first-order chi connectivity index (χ1) is 12.5. The summed E-state index contributed by atoms with van der Waals surface area (Å²) in [6.45, 7) is 8.25. The van der Waals surface area contributed by atoms with Crippen LogP contribution in [0.25, 0.3) is 0 Å². The van der Waals surface area contributed by atoms with Crippen LogP contribution in [0.5, 0.6) is 0 Å². The predicted octanol–water partition coefficient (Wildman–Crippen LogP) is 5.86. The fourth-order valence-corrected chi connectivity index (χ4v) is 3.18. The second kappa shape index (κ2) is 23.4. The van der Waals surface area contributed by atoms with Gasteiger partial charge < -0.3 is 10.00 Å². The molecule has 0 atom stereocenters. The lowest BCUT2D eigenvalue weighted by molar-refractivity contribution is -0.135. The van der Waals surface area contributed by atoms with Gasteiger partial charge in [0, 0.05) is 6.42 Å². The number of phosphoric ester groups is 1. The zero-order chi connectivity index (χ0) is 20.1. The van der Waals surface area contributed by atoms with Gasteiger partial charge in [-0.25, -0.2) is 4.57 Å². The van der Waals surface area contributed by atoms with Gasteiger partial charge in [0.05, 0.1) is 0 Å². The number of carbonyl (C=O) groups is 1. The maximum Gasteiger partial charge on any atom is 0.526 e. The average molecular weight is 411 g/mol. The minimum Gasteiger partial charge on any atom is -0.412 e. The molecule has 4 N–H and O–H groups in total. The fourth-order valence-electron chi connectivity index (χ4n) is 2.82. The smallest absolute Gasteiger partial charge is 0.412 e. The van der Waals surface area contributed by atoms with E-state index in [1.54, 1.807) is 0 Å². The first kappa shape index (κ1) is 31.0. The maximum atomic E-state index is 11.1. The molecule has 0 amide bonds. The molecule has 0 bridgehead atoms. The van der Waals surface area contributed by atoms with Crippen LogP contribution in [-0.2, 0) is 13.9 Å². The van der Waals surface area contributed by atoms with Crippen molar-refractivity contribution in [2.45, 2.75) is 110 Å². The Morgan fingerprint density at radius 1 is 0.741 bits per heavy atom. The third-order valence-corrected chi connectivity index (χ3v) is 4.65. The molecular formula is C20H43O6P. The average Bonchev–Trinajstić information content (AvgIpc) is 2.58. The molecule has 27 heavy (non-hydrogen) atoms. The van der Waals surface area contributed by atoms with Crippen LogP contribution < -0.4 is 0 Å². The van der Waals surface area contributed by atoms with E-state index < -0.39 is 13.8 Å². The number of hydrogen-bond donors (Lipinski definition) is 2. The summed E-state index contributed by atoms with van der Waals surface area (Å²) in [7, 11) is -4.66. The molecule has 0 saturated heterocycles. The molecule has 0 aliphatic heterocycles. The van der Waals surface area contributed by atoms with E-state index in [-0.39, 0.29) is 11.9 Å². The van der Waals surface area contributed by atoms with Crippen molar-refractivity contribution >= 4 is 13.8 Å². The van der Waals surface area contributed by atoms with Gasteiger partial charge in [-0.05, 0) is 6.42 Å². The second-order valence-corrected chi connectivity index (χ2v) is 7.82. The third kappa shape index (κ3) is 30.3. The lowest BCUT2D eigenvalue weighted by Crippen LogP contribution is -2.01. The highest BCUT2D eigenvalue weighted by Gasteiger charge is 2.19. The van der Waals surface area contributed by atoms with Gasteiger partial charge >= 0.3 is 13.8 Å². The van der Waals surface area contributed by atoms with Crippen molar-refractivity contribution in [1.82, 2.24) is 0 Å². The van der Waals surface area contributed by atoms with Gasteiger partial charge in [0.25, 0.3) is 0 Å². The van der Waals surface area contributed by atoms with Crippen molar-refractivity contribution in [3.05, 3.63) is 13.2 Å². The second-order valence-electron chi connectivity index (χ2n) is 6.65. The summed E-state index contributed by atoms with van der Waals surface area (Å²) in [5.41, 5.74) is 0. The summed E-state index contributed by atoms with van der Waals surface area (Å²) >= 11 is 0. The summed E-state index contributed by atoms with van der Waals surface area (Å²) in [5, 5.41) is 0. The quantitative estimate of drug-likeness (QED) is 0.177. The van der Waals surface area contributed by atoms with Crippen molar-refractivity contribution in [3.63, 3.8) is 0 Å². The van der Waals surface area contributed by atoms with Gasteiger partial charge in [-0.1, -0.05) is 96.8 Å². The highest BCUT2D eigenvalue weighted by molar-refractivity contribution is 7.46. The topological polar surface area (TPSA) is 115 Å². The molecular weight excluding hydrogens is 367 g/mol. The Bertz CT molecular complexity index is 356. The van der Waals surface area contributed by atoms with E-state index in [9.17, 15) is 9.36 Å². The van der Waals surface area contributed by atoms with Crippen LogP contribution in [0.2, 0.25) is 0 Å². The summed E-state index contributed by atoms with van der Waals surface area (Å²) in [6.07, 6.45) is 18.7. The molecule has 0 radical (unpaired) electrons. The van der Waals surface area contributed by atoms with Gasteiger partial charge in [-0.3, -0.25) is 14.6 Å². The van der Waals surface area contributed by atoms with Gasteiger partial charge in [-0.15, -0.1) is 13.2 Å². The van der Waals surface area contributed by atoms with E-state index in [0.717, 1.165) is 12.8 Å². The number of phosphoric acid groups is 1. The molecule has 7 heteroatoms. The summed E-state index contributed by atoms with van der Waals surface area (Å²) in [5.74, 6) is -0.807. The molecule has 0 aromatic carbocycles. The Morgan fingerprint density at radius 2 is 1.04 bits per heavy atom. The molecule has 6 nitrogen and oxygen atoms in total. The molecule has 0 saturated carbocycles. The van der Waals surface area contributed by atoms with Crippen LogP contribution in [0.4, 0.5) is 0 Å². The largest absolute Gasteiger partial charge is 0.526 e. The SMILES string of the molecule is C=C.CCCCCCCCCCCCCCCCCC(=O)OP(=O)(O)O.O. The number of hydrogen-bond acceptors (Lipinski definition) is 3. The van der Waals surface area contributed by atoms with Gasteiger partial charge in [-0.2, -0.15) is 0 Å². The van der Waals surface area contributed by atoms with E-state index >= 15 is 0 Å². The number of unbranched alkanes of at least 4 members (excludes halogenated alkanes) is 14. The van der Waals surface area contributed by atoms with Crippen LogP contribution in [-0.4, -0.2) is 21.2 Å². The van der Waals surface area contributed by atoms with Gasteiger partial charge in [0.1, 0.15) is 0 Å². The Balaban J connectivity index is -0.00000185. The Hall–Kier alpha value is -0.680. The van der Waals surface area contributed by atoms with E-state index in [0.29, 0.717) is 6.42 Å². The minimum absolute atomic E-state index is 0. The predicted molar refractivity (Wildman–Crippen MR) is 113 cm³/mol. The van der Waals surface area contributed by atoms with Crippen LogP contribution in [0.3, 0.4) is 0 Å². The number of carbonyl (C=O) groups excluding carboxylic acids is 1. The lowest BCUT2D eigenvalue weighted by atomic mass is 10.0. The van der Waals surface area contributed by atoms with Crippen molar-refractivity contribution < 1.29 is 29.1 Å². The van der Waals surface area contributed by atoms with E-state index in [2.05, 4.69) is 24.6 Å². The zero-order valence-electron chi connectivity index (χ0n) is 17.3. The van der Waals surface area contributed by atoms with Gasteiger partial charge in [0.15, 0.2) is 0 Å². The third-order valence-electron chi connectivity index (χ3n) is 4.21. The molecule has 0 aliphatic carbocycles. The minimum atomic E-state index is -4.66. The molecule has 0 rings (SSSR count). The monoisotopic (exact) mass is 410 g/mol. The molecule has 164 valence electrons. The van der Waals surface area contributed by atoms with Gasteiger partial charge in [0.2, 0.25) is 0 Å². The first-order valence-corrected chi connectivity index (χ1v) is 11.8. The number of rotatable bonds is 17. The van der Waals surface area contributed by atoms with Crippen LogP contribution in [0.15, 0.2) is 13.2 Å². The van der Waals surface area contributed by atoms with E-state index in [1.165, 1.54) is 77.0 Å². The summed E-state index contributed by atoms with van der Waals surface area (Å²) in [4.78, 5) is 28.0. The molecule has 0 spiro atoms. The van der Waals surface area contributed by atoms with E-state index in [1.807, 2.05) is 0 Å². The van der Waals surface area contributed by atoms with Crippen molar-refractivity contribution in [1.29, 1.82) is 0 Å². The van der Waals surface area contributed by atoms with Crippen LogP contribution in [0.1, 0.15) is 110 Å². The Kier molecular flexibility index (Phi) is 26.8. The maximum absolute atomic E-state index is 11.1. The van der Waals surface area contributed by atoms with E-state index in [4.69, 9.17) is 9.79 Å². The zero-order valence-corrected chi connectivity index (χ0v) is 18.2. The Labute approximate surface area is 166 Å². The lowest BCUT2D eigenvalue weighted by Gasteiger charge is -2.05. The normalized spacial score (nSPS) is 10.5. The standard InChI is InChI=1S/C18H37O5P.C2H4.H2O/c1-2-3-4-5-6-7-8-9-10-11-12-13-14-15-16-17-18(19)23-24(20,21)22;1-2;/h2-17H2,1H3,(H2,20,21,22);1-2H2;1H2. The Morgan fingerprint density at radius 3 is 1.33 bits per heavy atom. The van der Waals surface area contributed by atoms with Crippen molar-refractivity contribution in [3.8, 4) is 0 Å². The highest BCUT2D eigenvalue weighted by atomic mass is 31.2. The van der Waals surface area contributed by atoms with Crippen molar-refractivity contribution in [2.24, 2.45) is 0 Å². The first-order valence-electron chi connectivity index (χ1n) is 10.2. The fraction of sp³-hybridized carbons (Fsp3) is 0.850. The molecule has 0 unspecified atom stereocenters. The van der Waals surface area contributed by atoms with Crippen LogP contribution in [0, 0.1) is 0 Å². The summed E-state index contributed by atoms with van der Waals surface area (Å²) < 4.78 is 14.4. The van der Waals surface area contributed by atoms with Crippen LogP contribution >= 0.6 is 7.82 Å². The molecule has 0 heterocycles. The summed E-state index contributed by atoms with van der Waals surface area (Å²) in [6, 6.07) is 0. The molecule has 0 aliphatic rings. The molecule has 0 fully saturated rings. The molecule has 0 aromatic rings. The highest BCUT2D eigenvalue weighted by Crippen LogP contribution is 2.36.